The molecule has 0 aliphatic carbocycles. The second kappa shape index (κ2) is 5.61. The molecule has 0 saturated heterocycles. The molecule has 0 atom stereocenters. The highest BCUT2D eigenvalue weighted by Crippen LogP contribution is 2.05. The van der Waals surface area contributed by atoms with E-state index in [1.54, 1.807) is 18.6 Å². The SMILES string of the molecule is NCC#Cc1ccc(Cn2nc3cnccn3c2=O)cc1. The van der Waals surface area contributed by atoms with Gasteiger partial charge in [0.15, 0.2) is 5.65 Å². The molecule has 2 heterocycles. The summed E-state index contributed by atoms with van der Waals surface area (Å²) < 4.78 is 2.88. The van der Waals surface area contributed by atoms with Crippen molar-refractivity contribution in [2.75, 3.05) is 6.54 Å². The number of hydrogen-bond donors (Lipinski definition) is 1. The Hall–Kier alpha value is -2.91. The molecule has 1 aromatic carbocycles. The van der Waals surface area contributed by atoms with Crippen molar-refractivity contribution in [1.29, 1.82) is 0 Å². The lowest BCUT2D eigenvalue weighted by atomic mass is 10.1. The number of fused-ring (bicyclic) bond motifs is 1. The van der Waals surface area contributed by atoms with E-state index in [4.69, 9.17) is 5.73 Å². The van der Waals surface area contributed by atoms with Crippen LogP contribution in [0.5, 0.6) is 0 Å². The largest absolute Gasteiger partial charge is 0.350 e. The summed E-state index contributed by atoms with van der Waals surface area (Å²) in [4.78, 5) is 16.1. The van der Waals surface area contributed by atoms with Crippen molar-refractivity contribution in [3.05, 3.63) is 64.5 Å². The maximum absolute atomic E-state index is 12.1. The van der Waals surface area contributed by atoms with Crippen molar-refractivity contribution in [1.82, 2.24) is 19.2 Å². The second-order valence-electron chi connectivity index (χ2n) is 4.45. The molecule has 0 amide bonds. The monoisotopic (exact) mass is 279 g/mol. The molecule has 0 aliphatic heterocycles. The third-order valence-corrected chi connectivity index (χ3v) is 3.01. The highest BCUT2D eigenvalue weighted by Gasteiger charge is 2.06. The van der Waals surface area contributed by atoms with E-state index < -0.39 is 0 Å². The molecule has 0 aliphatic rings. The first-order chi connectivity index (χ1) is 10.3. The van der Waals surface area contributed by atoms with Crippen molar-refractivity contribution in [2.45, 2.75) is 6.54 Å². The highest BCUT2D eigenvalue weighted by atomic mass is 16.2. The third-order valence-electron chi connectivity index (χ3n) is 3.01. The molecule has 0 saturated carbocycles. The van der Waals surface area contributed by atoms with Gasteiger partial charge in [0.2, 0.25) is 0 Å². The van der Waals surface area contributed by atoms with Gasteiger partial charge >= 0.3 is 5.69 Å². The van der Waals surface area contributed by atoms with Gasteiger partial charge in [-0.25, -0.2) is 13.9 Å². The van der Waals surface area contributed by atoms with Crippen LogP contribution < -0.4 is 11.4 Å². The average molecular weight is 279 g/mol. The lowest BCUT2D eigenvalue weighted by molar-refractivity contribution is 0.658. The average Bonchev–Trinajstić information content (AvgIpc) is 2.83. The van der Waals surface area contributed by atoms with Gasteiger partial charge in [-0.3, -0.25) is 4.98 Å². The van der Waals surface area contributed by atoms with Gasteiger partial charge in [0.05, 0.1) is 19.3 Å². The molecule has 104 valence electrons. The Morgan fingerprint density at radius 1 is 1.24 bits per heavy atom. The van der Waals surface area contributed by atoms with E-state index in [0.717, 1.165) is 11.1 Å². The minimum atomic E-state index is -0.181. The van der Waals surface area contributed by atoms with Gasteiger partial charge in [-0.2, -0.15) is 0 Å². The van der Waals surface area contributed by atoms with Gasteiger partial charge in [0, 0.05) is 18.0 Å². The minimum Gasteiger partial charge on any atom is -0.320 e. The molecular formula is C15H13N5O. The standard InChI is InChI=1S/C15H13N5O/c16-7-1-2-12-3-5-13(6-4-12)11-20-15(21)19-9-8-17-10-14(19)18-20/h3-6,8-10H,7,11,16H2. The molecular weight excluding hydrogens is 266 g/mol. The fourth-order valence-electron chi connectivity index (χ4n) is 2.00. The van der Waals surface area contributed by atoms with E-state index in [1.165, 1.54) is 9.08 Å². The van der Waals surface area contributed by atoms with Crippen LogP contribution in [-0.4, -0.2) is 25.7 Å². The molecule has 0 unspecified atom stereocenters. The summed E-state index contributed by atoms with van der Waals surface area (Å²) in [6, 6.07) is 7.66. The Bertz CT molecular complexity index is 880. The normalized spacial score (nSPS) is 10.3. The van der Waals surface area contributed by atoms with Crippen LogP contribution in [0, 0.1) is 11.8 Å². The van der Waals surface area contributed by atoms with Gasteiger partial charge in [-0.15, -0.1) is 5.10 Å². The molecule has 2 aromatic heterocycles. The molecule has 0 spiro atoms. The smallest absolute Gasteiger partial charge is 0.320 e. The summed E-state index contributed by atoms with van der Waals surface area (Å²) >= 11 is 0. The van der Waals surface area contributed by atoms with E-state index in [0.29, 0.717) is 18.7 Å². The highest BCUT2D eigenvalue weighted by molar-refractivity contribution is 5.36. The maximum atomic E-state index is 12.1. The van der Waals surface area contributed by atoms with Crippen LogP contribution in [0.15, 0.2) is 47.7 Å². The molecule has 0 radical (unpaired) electrons. The molecule has 21 heavy (non-hydrogen) atoms. The Morgan fingerprint density at radius 3 is 2.76 bits per heavy atom. The summed E-state index contributed by atoms with van der Waals surface area (Å²) in [5.41, 5.74) is 7.57. The summed E-state index contributed by atoms with van der Waals surface area (Å²) in [5, 5.41) is 4.24. The number of nitrogens with two attached hydrogens (primary N) is 1. The Labute approximate surface area is 120 Å². The Kier molecular flexibility index (Phi) is 3.50. The van der Waals surface area contributed by atoms with Crippen molar-refractivity contribution in [3.63, 3.8) is 0 Å². The predicted molar refractivity (Wildman–Crippen MR) is 78.7 cm³/mol. The second-order valence-corrected chi connectivity index (χ2v) is 4.45. The molecule has 3 aromatic rings. The Balaban J connectivity index is 1.88. The fourth-order valence-corrected chi connectivity index (χ4v) is 2.00. The number of aromatic nitrogens is 4. The van der Waals surface area contributed by atoms with E-state index in [-0.39, 0.29) is 5.69 Å². The third kappa shape index (κ3) is 2.68. The summed E-state index contributed by atoms with van der Waals surface area (Å²) in [5.74, 6) is 5.76. The quantitative estimate of drug-likeness (QED) is 0.682. The van der Waals surface area contributed by atoms with Crippen LogP contribution in [0.4, 0.5) is 0 Å². The van der Waals surface area contributed by atoms with Crippen molar-refractivity contribution < 1.29 is 0 Å². The van der Waals surface area contributed by atoms with Crippen LogP contribution in [-0.2, 0) is 6.54 Å². The maximum Gasteiger partial charge on any atom is 0.350 e. The molecule has 0 fully saturated rings. The van der Waals surface area contributed by atoms with Gasteiger partial charge < -0.3 is 5.73 Å². The van der Waals surface area contributed by atoms with Crippen LogP contribution in [0.25, 0.3) is 5.65 Å². The van der Waals surface area contributed by atoms with E-state index in [1.807, 2.05) is 24.3 Å². The van der Waals surface area contributed by atoms with Crippen LogP contribution >= 0.6 is 0 Å². The van der Waals surface area contributed by atoms with Crippen LogP contribution in [0.1, 0.15) is 11.1 Å². The first-order valence-corrected chi connectivity index (χ1v) is 6.45. The van der Waals surface area contributed by atoms with Gasteiger partial charge in [-0.05, 0) is 17.7 Å². The zero-order valence-corrected chi connectivity index (χ0v) is 11.2. The van der Waals surface area contributed by atoms with E-state index in [2.05, 4.69) is 21.9 Å². The van der Waals surface area contributed by atoms with Crippen LogP contribution in [0.3, 0.4) is 0 Å². The lowest BCUT2D eigenvalue weighted by Gasteiger charge is -2.00. The van der Waals surface area contributed by atoms with Gasteiger partial charge in [-0.1, -0.05) is 24.0 Å². The summed E-state index contributed by atoms with van der Waals surface area (Å²) in [6.45, 7) is 0.748. The van der Waals surface area contributed by atoms with Crippen molar-refractivity contribution >= 4 is 5.65 Å². The van der Waals surface area contributed by atoms with Crippen molar-refractivity contribution in [3.8, 4) is 11.8 Å². The van der Waals surface area contributed by atoms with E-state index >= 15 is 0 Å². The predicted octanol–water partition coefficient (Wildman–Crippen LogP) is 0.249. The topological polar surface area (TPSA) is 78.2 Å². The molecule has 3 rings (SSSR count). The van der Waals surface area contributed by atoms with E-state index in [9.17, 15) is 4.79 Å². The van der Waals surface area contributed by atoms with Gasteiger partial charge in [0.1, 0.15) is 0 Å². The number of nitrogens with zero attached hydrogens (tertiary/aromatic N) is 4. The minimum absolute atomic E-state index is 0.181. The molecule has 6 heteroatoms. The number of benzene rings is 1. The fraction of sp³-hybridized carbons (Fsp3) is 0.133. The molecule has 6 nitrogen and oxygen atoms in total. The van der Waals surface area contributed by atoms with Crippen molar-refractivity contribution in [2.24, 2.45) is 5.73 Å². The zero-order valence-electron chi connectivity index (χ0n) is 11.2. The first-order valence-electron chi connectivity index (χ1n) is 6.45. The summed E-state index contributed by atoms with van der Waals surface area (Å²) in [6.07, 6.45) is 4.72. The Morgan fingerprint density at radius 2 is 2.05 bits per heavy atom. The number of hydrogen-bond acceptors (Lipinski definition) is 4. The molecule has 2 N–H and O–H groups in total. The molecule has 0 bridgehead atoms. The van der Waals surface area contributed by atoms with Gasteiger partial charge in [0.25, 0.3) is 0 Å². The zero-order chi connectivity index (χ0) is 14.7. The first kappa shape index (κ1) is 13.1. The summed E-state index contributed by atoms with van der Waals surface area (Å²) in [7, 11) is 0. The van der Waals surface area contributed by atoms with Crippen LogP contribution in [0.2, 0.25) is 0 Å². The number of rotatable bonds is 2. The lowest BCUT2D eigenvalue weighted by Crippen LogP contribution is -2.21.